The predicted octanol–water partition coefficient (Wildman–Crippen LogP) is 4.96. The number of nitrogens with zero attached hydrogens (tertiary/aromatic N) is 1. The van der Waals surface area contributed by atoms with Crippen LogP contribution in [0.25, 0.3) is 0 Å². The van der Waals surface area contributed by atoms with E-state index in [0.717, 1.165) is 22.6 Å². The van der Waals surface area contributed by atoms with Gasteiger partial charge in [-0.3, -0.25) is 4.79 Å². The number of para-hydroxylation sites is 1. The summed E-state index contributed by atoms with van der Waals surface area (Å²) in [5.74, 6) is 2.79. The van der Waals surface area contributed by atoms with Gasteiger partial charge in [0.15, 0.2) is 0 Å². The van der Waals surface area contributed by atoms with Crippen LogP contribution in [0.2, 0.25) is 5.02 Å². The van der Waals surface area contributed by atoms with Crippen molar-refractivity contribution < 1.29 is 9.53 Å². The van der Waals surface area contributed by atoms with Crippen LogP contribution in [0, 0.1) is 0 Å². The molecule has 0 unspecified atom stereocenters. The molecule has 0 aromatic heterocycles. The number of hydrogen-bond donors (Lipinski definition) is 1. The molecule has 1 fully saturated rings. The van der Waals surface area contributed by atoms with E-state index in [4.69, 9.17) is 16.3 Å². The Balaban J connectivity index is 1.57. The van der Waals surface area contributed by atoms with Gasteiger partial charge in [0.05, 0.1) is 16.7 Å². The molecule has 0 spiro atoms. The number of halogens is 1. The summed E-state index contributed by atoms with van der Waals surface area (Å²) in [6, 6.07) is 15.1. The minimum atomic E-state index is -0.0786. The largest absolute Gasteiger partial charge is 0.488 e. The molecule has 1 saturated heterocycles. The first-order chi connectivity index (χ1) is 13.1. The average Bonchev–Trinajstić information content (AvgIpc) is 3.08. The molecule has 1 heterocycles. The third-order valence-electron chi connectivity index (χ3n) is 4.03. The van der Waals surface area contributed by atoms with Crippen LogP contribution in [-0.2, 0) is 11.4 Å². The lowest BCUT2D eigenvalue weighted by Gasteiger charge is -2.19. The van der Waals surface area contributed by atoms with Crippen LogP contribution < -0.4 is 10.2 Å². The fourth-order valence-electron chi connectivity index (χ4n) is 2.65. The van der Waals surface area contributed by atoms with Crippen molar-refractivity contribution in [2.24, 2.45) is 5.10 Å². The van der Waals surface area contributed by atoms with Crippen LogP contribution in [0.1, 0.15) is 24.5 Å². The Morgan fingerprint density at radius 2 is 1.93 bits per heavy atom. The van der Waals surface area contributed by atoms with Crippen molar-refractivity contribution in [3.05, 3.63) is 64.7 Å². The molecular weight excluding hydrogens is 400 g/mol. The molecule has 2 aromatic carbocycles. The van der Waals surface area contributed by atoms with Crippen molar-refractivity contribution in [3.63, 3.8) is 0 Å². The Morgan fingerprint density at radius 3 is 2.70 bits per heavy atom. The molecule has 4 nitrogen and oxygen atoms in total. The Labute approximate surface area is 173 Å². The number of carbonyl (C=O) groups excluding carboxylic acids is 1. The van der Waals surface area contributed by atoms with Crippen LogP contribution in [0.3, 0.4) is 0 Å². The first-order valence-electron chi connectivity index (χ1n) is 8.61. The van der Waals surface area contributed by atoms with Crippen LogP contribution >= 0.6 is 35.1 Å². The Bertz CT molecular complexity index is 823. The topological polar surface area (TPSA) is 50.7 Å². The third-order valence-corrected chi connectivity index (χ3v) is 7.69. The van der Waals surface area contributed by atoms with Crippen LogP contribution in [-0.4, -0.2) is 27.7 Å². The highest BCUT2D eigenvalue weighted by molar-refractivity contribution is 8.21. The first-order valence-corrected chi connectivity index (χ1v) is 11.0. The molecule has 142 valence electrons. The van der Waals surface area contributed by atoms with Crippen molar-refractivity contribution in [3.8, 4) is 5.75 Å². The van der Waals surface area contributed by atoms with Gasteiger partial charge < -0.3 is 4.74 Å². The van der Waals surface area contributed by atoms with E-state index in [0.29, 0.717) is 23.8 Å². The highest BCUT2D eigenvalue weighted by atomic mass is 35.5. The summed E-state index contributed by atoms with van der Waals surface area (Å²) in [6.07, 6.45) is 2.06. The van der Waals surface area contributed by atoms with E-state index in [1.54, 1.807) is 6.21 Å². The Kier molecular flexibility index (Phi) is 7.10. The van der Waals surface area contributed by atoms with E-state index in [2.05, 4.69) is 17.5 Å². The van der Waals surface area contributed by atoms with Gasteiger partial charge in [0.2, 0.25) is 5.91 Å². The van der Waals surface area contributed by atoms with Gasteiger partial charge in [0.25, 0.3) is 0 Å². The number of rotatable bonds is 7. The molecule has 2 aromatic rings. The minimum absolute atomic E-state index is 0.0461. The molecule has 3 rings (SSSR count). The van der Waals surface area contributed by atoms with Gasteiger partial charge in [-0.25, -0.2) is 5.43 Å². The van der Waals surface area contributed by atoms with Crippen molar-refractivity contribution in [2.75, 3.05) is 11.5 Å². The van der Waals surface area contributed by atoms with Gasteiger partial charge in [-0.05, 0) is 25.1 Å². The molecule has 27 heavy (non-hydrogen) atoms. The van der Waals surface area contributed by atoms with E-state index < -0.39 is 0 Å². The quantitative estimate of drug-likeness (QED) is 0.508. The van der Waals surface area contributed by atoms with Gasteiger partial charge in [-0.2, -0.15) is 5.10 Å². The SMILES string of the molecule is CC1(CC(=O)N/N=C\c2ccccc2OCc2ccccc2Cl)SCCS1. The monoisotopic (exact) mass is 420 g/mol. The molecule has 1 aliphatic heterocycles. The smallest absolute Gasteiger partial charge is 0.242 e. The lowest BCUT2D eigenvalue weighted by Crippen LogP contribution is -2.26. The van der Waals surface area contributed by atoms with Crippen LogP contribution in [0.4, 0.5) is 0 Å². The molecule has 0 saturated carbocycles. The summed E-state index contributed by atoms with van der Waals surface area (Å²) in [5.41, 5.74) is 4.33. The van der Waals surface area contributed by atoms with E-state index >= 15 is 0 Å². The van der Waals surface area contributed by atoms with Crippen molar-refractivity contribution >= 4 is 47.2 Å². The Morgan fingerprint density at radius 1 is 1.22 bits per heavy atom. The van der Waals surface area contributed by atoms with Gasteiger partial charge in [-0.15, -0.1) is 23.5 Å². The minimum Gasteiger partial charge on any atom is -0.488 e. The maximum absolute atomic E-state index is 12.1. The van der Waals surface area contributed by atoms with E-state index in [-0.39, 0.29) is 9.99 Å². The van der Waals surface area contributed by atoms with E-state index in [1.165, 1.54) is 0 Å². The zero-order valence-corrected chi connectivity index (χ0v) is 17.4. The van der Waals surface area contributed by atoms with Crippen LogP contribution in [0.5, 0.6) is 5.75 Å². The maximum Gasteiger partial charge on any atom is 0.242 e. The second kappa shape index (κ2) is 9.53. The third kappa shape index (κ3) is 5.92. The number of nitrogens with one attached hydrogen (secondary N) is 1. The van der Waals surface area contributed by atoms with Crippen molar-refractivity contribution in [1.29, 1.82) is 0 Å². The molecule has 0 radical (unpaired) electrons. The summed E-state index contributed by atoms with van der Waals surface area (Å²) in [6.45, 7) is 2.47. The van der Waals surface area contributed by atoms with E-state index in [1.807, 2.05) is 72.1 Å². The number of carbonyl (C=O) groups is 1. The highest BCUT2D eigenvalue weighted by Crippen LogP contribution is 2.45. The molecule has 0 bridgehead atoms. The lowest BCUT2D eigenvalue weighted by atomic mass is 10.2. The predicted molar refractivity (Wildman–Crippen MR) is 116 cm³/mol. The van der Waals surface area contributed by atoms with Gasteiger partial charge in [0, 0.05) is 27.7 Å². The highest BCUT2D eigenvalue weighted by Gasteiger charge is 2.32. The summed E-state index contributed by atoms with van der Waals surface area (Å²) in [5, 5.41) is 4.77. The molecular formula is C20H21ClN2O2S2. The fourth-order valence-corrected chi connectivity index (χ4v) is 5.67. The molecule has 0 aliphatic carbocycles. The molecule has 1 aliphatic rings. The Hall–Kier alpha value is -1.63. The molecule has 0 atom stereocenters. The first kappa shape index (κ1) is 20.1. The molecule has 1 N–H and O–H groups in total. The number of benzene rings is 2. The number of hydrazone groups is 1. The second-order valence-corrected chi connectivity index (χ2v) is 10.1. The number of ether oxygens (including phenoxy) is 1. The van der Waals surface area contributed by atoms with Crippen LogP contribution in [0.15, 0.2) is 53.6 Å². The summed E-state index contributed by atoms with van der Waals surface area (Å²) in [4.78, 5) is 12.1. The second-order valence-electron chi connectivity index (χ2n) is 6.22. The molecule has 7 heteroatoms. The van der Waals surface area contributed by atoms with Gasteiger partial charge >= 0.3 is 0 Å². The average molecular weight is 421 g/mol. The number of amides is 1. The summed E-state index contributed by atoms with van der Waals surface area (Å²) >= 11 is 9.83. The molecule has 1 amide bonds. The standard InChI is InChI=1S/C20H21ClN2O2S2/c1-20(26-10-11-27-20)12-19(24)23-22-13-15-6-3-5-9-18(15)25-14-16-7-2-4-8-17(16)21/h2-9,13H,10-12,14H2,1H3,(H,23,24)/b22-13-. The fraction of sp³-hybridized carbons (Fsp3) is 0.300. The summed E-state index contributed by atoms with van der Waals surface area (Å²) in [7, 11) is 0. The van der Waals surface area contributed by atoms with Gasteiger partial charge in [0.1, 0.15) is 12.4 Å². The van der Waals surface area contributed by atoms with Gasteiger partial charge in [-0.1, -0.05) is 41.9 Å². The maximum atomic E-state index is 12.1. The zero-order chi connectivity index (χ0) is 19.1. The number of hydrogen-bond acceptors (Lipinski definition) is 5. The van der Waals surface area contributed by atoms with E-state index in [9.17, 15) is 4.79 Å². The normalized spacial score (nSPS) is 15.8. The number of thioether (sulfide) groups is 2. The van der Waals surface area contributed by atoms with Crippen molar-refractivity contribution in [1.82, 2.24) is 5.43 Å². The van der Waals surface area contributed by atoms with Crippen molar-refractivity contribution in [2.45, 2.75) is 24.0 Å². The lowest BCUT2D eigenvalue weighted by molar-refractivity contribution is -0.121. The summed E-state index contributed by atoms with van der Waals surface area (Å²) < 4.78 is 5.84. The zero-order valence-electron chi connectivity index (χ0n) is 15.0.